The highest BCUT2D eigenvalue weighted by Crippen LogP contribution is 2.18. The molecule has 1 unspecified atom stereocenters. The molecule has 0 saturated carbocycles. The normalized spacial score (nSPS) is 17.5. The monoisotopic (exact) mass is 176 g/mol. The third kappa shape index (κ3) is 6.58. The minimum Gasteiger partial charge on any atom is -0.363 e. The molecule has 1 N–H and O–H groups in total. The lowest BCUT2D eigenvalue weighted by Crippen LogP contribution is -2.32. The van der Waals surface area contributed by atoms with Crippen molar-refractivity contribution in [3.05, 3.63) is 0 Å². The van der Waals surface area contributed by atoms with Crippen molar-refractivity contribution in [2.75, 3.05) is 0 Å². The van der Waals surface area contributed by atoms with Gasteiger partial charge in [-0.2, -0.15) is 0 Å². The lowest BCUT2D eigenvalue weighted by Gasteiger charge is -2.26. The van der Waals surface area contributed by atoms with Crippen molar-refractivity contribution in [1.29, 1.82) is 0 Å². The molecule has 0 rings (SSSR count). The molecular formula is C9H20O3. The van der Waals surface area contributed by atoms with Gasteiger partial charge in [-0.15, -0.1) is 0 Å². The average Bonchev–Trinajstić information content (AvgIpc) is 1.83. The molecule has 0 aromatic rings. The van der Waals surface area contributed by atoms with Crippen molar-refractivity contribution in [1.82, 2.24) is 0 Å². The van der Waals surface area contributed by atoms with Crippen molar-refractivity contribution in [2.24, 2.45) is 0 Å². The number of aliphatic hydroxyl groups is 1. The summed E-state index contributed by atoms with van der Waals surface area (Å²) in [5.41, 5.74) is -0.377. The molecule has 0 spiro atoms. The summed E-state index contributed by atoms with van der Waals surface area (Å²) in [6, 6.07) is 0. The molecule has 3 heteroatoms. The predicted molar refractivity (Wildman–Crippen MR) is 47.5 cm³/mol. The van der Waals surface area contributed by atoms with Gasteiger partial charge in [-0.3, -0.25) is 0 Å². The highest BCUT2D eigenvalue weighted by Gasteiger charge is 2.24. The molecule has 0 saturated heterocycles. The maximum absolute atomic E-state index is 9.53. The highest BCUT2D eigenvalue weighted by atomic mass is 17.2. The molecule has 3 nitrogen and oxygen atoms in total. The van der Waals surface area contributed by atoms with Gasteiger partial charge in [0.2, 0.25) is 0 Å². The minimum absolute atomic E-state index is 0.377. The zero-order chi connectivity index (χ0) is 9.83. The van der Waals surface area contributed by atoms with Crippen LogP contribution in [-0.2, 0) is 9.78 Å². The zero-order valence-corrected chi connectivity index (χ0v) is 8.68. The van der Waals surface area contributed by atoms with E-state index in [0.717, 1.165) is 6.42 Å². The predicted octanol–water partition coefficient (Wildman–Crippen LogP) is 2.24. The zero-order valence-electron chi connectivity index (χ0n) is 8.68. The standard InChI is InChI=1S/C9H20O3/c1-6-7-9(5,10)12-11-8(2,3)4/h10H,6-7H2,1-5H3. The Morgan fingerprint density at radius 2 is 1.58 bits per heavy atom. The van der Waals surface area contributed by atoms with Crippen LogP contribution in [0.1, 0.15) is 47.5 Å². The summed E-state index contributed by atoms with van der Waals surface area (Å²) in [6.45, 7) is 9.19. The highest BCUT2D eigenvalue weighted by molar-refractivity contribution is 4.58. The van der Waals surface area contributed by atoms with Crippen LogP contribution in [0.3, 0.4) is 0 Å². The molecule has 0 aromatic carbocycles. The molecule has 0 radical (unpaired) electrons. The second-order valence-corrected chi connectivity index (χ2v) is 4.20. The van der Waals surface area contributed by atoms with E-state index in [9.17, 15) is 5.11 Å². The Balaban J connectivity index is 3.75. The Bertz CT molecular complexity index is 124. The van der Waals surface area contributed by atoms with Crippen LogP contribution in [0.15, 0.2) is 0 Å². The maximum atomic E-state index is 9.53. The van der Waals surface area contributed by atoms with Crippen LogP contribution in [0.25, 0.3) is 0 Å². The van der Waals surface area contributed by atoms with E-state index >= 15 is 0 Å². The van der Waals surface area contributed by atoms with E-state index < -0.39 is 5.79 Å². The van der Waals surface area contributed by atoms with Gasteiger partial charge in [0, 0.05) is 6.42 Å². The second-order valence-electron chi connectivity index (χ2n) is 4.20. The van der Waals surface area contributed by atoms with E-state index in [0.29, 0.717) is 6.42 Å². The first-order valence-electron chi connectivity index (χ1n) is 4.36. The minimum atomic E-state index is -1.16. The SMILES string of the molecule is CCCC(C)(O)OOC(C)(C)C. The molecule has 0 aliphatic rings. The van der Waals surface area contributed by atoms with Gasteiger partial charge in [0.1, 0.15) is 0 Å². The Morgan fingerprint density at radius 3 is 1.92 bits per heavy atom. The summed E-state index contributed by atoms with van der Waals surface area (Å²) < 4.78 is 0. The lowest BCUT2D eigenvalue weighted by molar-refractivity contribution is -0.448. The number of rotatable bonds is 4. The fraction of sp³-hybridized carbons (Fsp3) is 1.00. The van der Waals surface area contributed by atoms with E-state index in [2.05, 4.69) is 0 Å². The molecule has 74 valence electrons. The van der Waals surface area contributed by atoms with Crippen molar-refractivity contribution >= 4 is 0 Å². The third-order valence-electron chi connectivity index (χ3n) is 1.19. The molecule has 0 fully saturated rings. The van der Waals surface area contributed by atoms with Gasteiger partial charge in [-0.05, 0) is 27.7 Å². The summed E-state index contributed by atoms with van der Waals surface area (Å²) in [4.78, 5) is 9.89. The summed E-state index contributed by atoms with van der Waals surface area (Å²) in [5, 5.41) is 9.53. The van der Waals surface area contributed by atoms with Crippen LogP contribution < -0.4 is 0 Å². The Kier molecular flexibility index (Phi) is 4.17. The average molecular weight is 176 g/mol. The first-order chi connectivity index (χ1) is 5.27. The molecule has 0 aliphatic heterocycles. The second kappa shape index (κ2) is 4.21. The van der Waals surface area contributed by atoms with E-state index in [1.807, 2.05) is 27.7 Å². The molecule has 0 aromatic heterocycles. The van der Waals surface area contributed by atoms with Gasteiger partial charge in [0.15, 0.2) is 5.79 Å². The van der Waals surface area contributed by atoms with Crippen LogP contribution in [0.4, 0.5) is 0 Å². The fourth-order valence-electron chi connectivity index (χ4n) is 0.720. The number of hydrogen-bond donors (Lipinski definition) is 1. The molecule has 0 bridgehead atoms. The Morgan fingerprint density at radius 1 is 1.08 bits per heavy atom. The molecule has 0 amide bonds. The topological polar surface area (TPSA) is 38.7 Å². The van der Waals surface area contributed by atoms with Crippen molar-refractivity contribution < 1.29 is 14.9 Å². The van der Waals surface area contributed by atoms with Gasteiger partial charge in [-0.25, -0.2) is 9.78 Å². The van der Waals surface area contributed by atoms with Crippen LogP contribution in [-0.4, -0.2) is 16.5 Å². The first kappa shape index (κ1) is 11.9. The molecule has 0 heterocycles. The van der Waals surface area contributed by atoms with Gasteiger partial charge >= 0.3 is 0 Å². The summed E-state index contributed by atoms with van der Waals surface area (Å²) in [6.07, 6.45) is 1.43. The Labute approximate surface area is 74.6 Å². The van der Waals surface area contributed by atoms with Gasteiger partial charge < -0.3 is 5.11 Å². The summed E-state index contributed by atoms with van der Waals surface area (Å²) >= 11 is 0. The molecule has 1 atom stereocenters. The lowest BCUT2D eigenvalue weighted by atomic mass is 10.2. The first-order valence-corrected chi connectivity index (χ1v) is 4.36. The number of hydrogen-bond acceptors (Lipinski definition) is 3. The van der Waals surface area contributed by atoms with Crippen molar-refractivity contribution in [2.45, 2.75) is 58.8 Å². The van der Waals surface area contributed by atoms with Gasteiger partial charge in [-0.1, -0.05) is 13.3 Å². The fourth-order valence-corrected chi connectivity index (χ4v) is 0.720. The smallest absolute Gasteiger partial charge is 0.196 e. The summed E-state index contributed by atoms with van der Waals surface area (Å²) in [5.74, 6) is -1.16. The van der Waals surface area contributed by atoms with Crippen LogP contribution in [0.5, 0.6) is 0 Å². The van der Waals surface area contributed by atoms with Crippen LogP contribution in [0.2, 0.25) is 0 Å². The molecule has 12 heavy (non-hydrogen) atoms. The van der Waals surface area contributed by atoms with E-state index in [4.69, 9.17) is 9.78 Å². The van der Waals surface area contributed by atoms with E-state index in [1.54, 1.807) is 6.92 Å². The van der Waals surface area contributed by atoms with Gasteiger partial charge in [0.05, 0.1) is 5.60 Å². The third-order valence-corrected chi connectivity index (χ3v) is 1.19. The molecular weight excluding hydrogens is 156 g/mol. The largest absolute Gasteiger partial charge is 0.363 e. The molecule has 0 aliphatic carbocycles. The van der Waals surface area contributed by atoms with Gasteiger partial charge in [0.25, 0.3) is 0 Å². The van der Waals surface area contributed by atoms with E-state index in [1.165, 1.54) is 0 Å². The van der Waals surface area contributed by atoms with Crippen LogP contribution in [0, 0.1) is 0 Å². The quantitative estimate of drug-likeness (QED) is 0.405. The van der Waals surface area contributed by atoms with Crippen LogP contribution >= 0.6 is 0 Å². The maximum Gasteiger partial charge on any atom is 0.196 e. The summed E-state index contributed by atoms with van der Waals surface area (Å²) in [7, 11) is 0. The van der Waals surface area contributed by atoms with E-state index in [-0.39, 0.29) is 5.60 Å². The van der Waals surface area contributed by atoms with Crippen molar-refractivity contribution in [3.63, 3.8) is 0 Å². The Hall–Kier alpha value is -0.120. The van der Waals surface area contributed by atoms with Crippen molar-refractivity contribution in [3.8, 4) is 0 Å².